The molecule has 0 radical (unpaired) electrons. The van der Waals surface area contributed by atoms with Gasteiger partial charge in [0, 0.05) is 6.42 Å². The molecule has 0 spiro atoms. The van der Waals surface area contributed by atoms with Crippen LogP contribution < -0.4 is 5.32 Å². The Bertz CT molecular complexity index is 992. The number of aliphatic hydroxyl groups excluding tert-OH is 1. The summed E-state index contributed by atoms with van der Waals surface area (Å²) < 4.78 is 32.5. The van der Waals surface area contributed by atoms with Gasteiger partial charge in [0.2, 0.25) is 5.91 Å². The second-order valence-corrected chi connectivity index (χ2v) is 17.5. The smallest absolute Gasteiger partial charge is 0.267 e. The van der Waals surface area contributed by atoms with Gasteiger partial charge in [-0.1, -0.05) is 224 Å². The fourth-order valence-corrected chi connectivity index (χ4v) is 7.81. The zero-order chi connectivity index (χ0) is 39.6. The van der Waals surface area contributed by atoms with Crippen molar-refractivity contribution >= 4 is 16.0 Å². The monoisotopic (exact) mass is 780 g/mol. The molecule has 2 unspecified atom stereocenters. The van der Waals surface area contributed by atoms with Gasteiger partial charge >= 0.3 is 0 Å². The van der Waals surface area contributed by atoms with Gasteiger partial charge in [0.15, 0.2) is 0 Å². The number of amides is 1. The van der Waals surface area contributed by atoms with E-state index in [-0.39, 0.29) is 12.3 Å². The van der Waals surface area contributed by atoms with Gasteiger partial charge in [-0.3, -0.25) is 9.35 Å². The lowest BCUT2D eigenvalue weighted by Gasteiger charge is -2.21. The molecule has 0 aliphatic heterocycles. The summed E-state index contributed by atoms with van der Waals surface area (Å²) in [6.45, 7) is 4.53. The standard InChI is InChI=1S/C47H89NO5S/c1-3-5-7-9-11-13-15-17-19-21-22-23-24-25-26-27-29-31-33-35-37-39-41-43-47(50)48-45(44-54(51,52)53)46(49)42-40-38-36-34-32-30-28-20-18-16-14-12-10-8-6-4-2/h18,20,32,34,40,42,45-46,49H,3-17,19,21-31,33,35-39,41,43-44H2,1-2H3,(H,48,50)(H,51,52,53)/b20-18+,34-32+,42-40+. The molecule has 1 amide bonds. The van der Waals surface area contributed by atoms with Crippen LogP contribution in [0.1, 0.15) is 239 Å². The quantitative estimate of drug-likeness (QED) is 0.0325. The van der Waals surface area contributed by atoms with Crippen LogP contribution in [0, 0.1) is 0 Å². The SMILES string of the molecule is CCCCCCCC/C=C/CC/C=C/CC/C=C/C(O)C(CS(=O)(=O)O)NC(=O)CCCCCCCCCCCCCCCCCCCCCCCCC. The van der Waals surface area contributed by atoms with Crippen molar-refractivity contribution in [1.29, 1.82) is 0 Å². The summed E-state index contributed by atoms with van der Waals surface area (Å²) in [5, 5.41) is 13.2. The minimum Gasteiger partial charge on any atom is -0.387 e. The van der Waals surface area contributed by atoms with E-state index >= 15 is 0 Å². The highest BCUT2D eigenvalue weighted by atomic mass is 32.2. The van der Waals surface area contributed by atoms with Gasteiger partial charge in [0.1, 0.15) is 0 Å². The van der Waals surface area contributed by atoms with Crippen molar-refractivity contribution in [2.75, 3.05) is 5.75 Å². The first-order valence-electron chi connectivity index (χ1n) is 23.2. The third-order valence-corrected chi connectivity index (χ3v) is 11.3. The molecular weight excluding hydrogens is 691 g/mol. The molecule has 0 aromatic carbocycles. The number of rotatable bonds is 42. The number of hydrogen-bond acceptors (Lipinski definition) is 4. The Kier molecular flexibility index (Phi) is 40.1. The van der Waals surface area contributed by atoms with Crippen LogP contribution in [0.3, 0.4) is 0 Å². The van der Waals surface area contributed by atoms with E-state index in [0.29, 0.717) is 6.42 Å². The second-order valence-electron chi connectivity index (χ2n) is 16.0. The molecular formula is C47H89NO5S. The summed E-state index contributed by atoms with van der Waals surface area (Å²) in [6, 6.07) is -1.08. The molecule has 54 heavy (non-hydrogen) atoms. The van der Waals surface area contributed by atoms with Crippen molar-refractivity contribution < 1.29 is 22.9 Å². The maximum Gasteiger partial charge on any atom is 0.267 e. The summed E-state index contributed by atoms with van der Waals surface area (Å²) >= 11 is 0. The van der Waals surface area contributed by atoms with E-state index in [9.17, 15) is 22.9 Å². The zero-order valence-electron chi connectivity index (χ0n) is 35.6. The molecule has 0 saturated carbocycles. The van der Waals surface area contributed by atoms with Crippen LogP contribution in [0.15, 0.2) is 36.5 Å². The fourth-order valence-electron chi connectivity index (χ4n) is 7.07. The lowest BCUT2D eigenvalue weighted by atomic mass is 10.0. The Hall–Kier alpha value is -1.44. The normalized spacial score (nSPS) is 13.5. The lowest BCUT2D eigenvalue weighted by molar-refractivity contribution is -0.122. The van der Waals surface area contributed by atoms with Crippen LogP contribution in [-0.2, 0) is 14.9 Å². The van der Waals surface area contributed by atoms with Crippen molar-refractivity contribution in [3.63, 3.8) is 0 Å². The number of hydrogen-bond donors (Lipinski definition) is 3. The molecule has 0 aliphatic rings. The Balaban J connectivity index is 3.84. The Morgan fingerprint density at radius 2 is 0.796 bits per heavy atom. The van der Waals surface area contributed by atoms with E-state index in [1.165, 1.54) is 179 Å². The molecule has 0 saturated heterocycles. The van der Waals surface area contributed by atoms with Crippen LogP contribution in [0.5, 0.6) is 0 Å². The predicted octanol–water partition coefficient (Wildman–Crippen LogP) is 14.1. The van der Waals surface area contributed by atoms with E-state index in [4.69, 9.17) is 0 Å². The maximum atomic E-state index is 12.5. The summed E-state index contributed by atoms with van der Waals surface area (Å²) in [6.07, 6.45) is 54.3. The van der Waals surface area contributed by atoms with Crippen molar-refractivity contribution in [3.8, 4) is 0 Å². The topological polar surface area (TPSA) is 104 Å². The summed E-state index contributed by atoms with van der Waals surface area (Å²) in [5.74, 6) is -1.00. The molecule has 2 atom stereocenters. The minimum absolute atomic E-state index is 0.288. The van der Waals surface area contributed by atoms with E-state index in [1.807, 2.05) is 0 Å². The van der Waals surface area contributed by atoms with Crippen LogP contribution in [0.25, 0.3) is 0 Å². The first kappa shape index (κ1) is 52.6. The number of carbonyl (C=O) groups is 1. The fraction of sp³-hybridized carbons (Fsp3) is 0.851. The number of aliphatic hydroxyl groups is 1. The third kappa shape index (κ3) is 41.7. The van der Waals surface area contributed by atoms with Gasteiger partial charge in [-0.25, -0.2) is 0 Å². The molecule has 0 bridgehead atoms. The van der Waals surface area contributed by atoms with Crippen molar-refractivity contribution in [2.45, 2.75) is 251 Å². The van der Waals surface area contributed by atoms with Gasteiger partial charge in [0.05, 0.1) is 17.9 Å². The molecule has 0 fully saturated rings. The summed E-state index contributed by atoms with van der Waals surface area (Å²) in [5.41, 5.74) is 0. The number of unbranched alkanes of at least 4 members (excludes halogenated alkanes) is 30. The molecule has 318 valence electrons. The first-order chi connectivity index (χ1) is 26.3. The van der Waals surface area contributed by atoms with Crippen molar-refractivity contribution in [1.82, 2.24) is 5.32 Å². The van der Waals surface area contributed by atoms with Crippen LogP contribution in [-0.4, -0.2) is 41.9 Å². The average molecular weight is 780 g/mol. The molecule has 0 rings (SSSR count). The molecule has 0 aromatic rings. The molecule has 7 heteroatoms. The van der Waals surface area contributed by atoms with Gasteiger partial charge in [-0.15, -0.1) is 0 Å². The number of carbonyl (C=O) groups excluding carboxylic acids is 1. The molecule has 3 N–H and O–H groups in total. The van der Waals surface area contributed by atoms with Gasteiger partial charge in [-0.05, 0) is 44.9 Å². The van der Waals surface area contributed by atoms with Gasteiger partial charge < -0.3 is 10.4 Å². The highest BCUT2D eigenvalue weighted by molar-refractivity contribution is 7.85. The number of nitrogens with one attached hydrogen (secondary N) is 1. The number of allylic oxidation sites excluding steroid dienone is 5. The Labute approximate surface area is 336 Å². The predicted molar refractivity (Wildman–Crippen MR) is 235 cm³/mol. The average Bonchev–Trinajstić information content (AvgIpc) is 3.14. The molecule has 0 aliphatic carbocycles. The van der Waals surface area contributed by atoms with Crippen LogP contribution >= 0.6 is 0 Å². The molecule has 0 aromatic heterocycles. The minimum atomic E-state index is -4.36. The van der Waals surface area contributed by atoms with E-state index < -0.39 is 28.0 Å². The Morgan fingerprint density at radius 1 is 0.481 bits per heavy atom. The highest BCUT2D eigenvalue weighted by Crippen LogP contribution is 2.16. The van der Waals surface area contributed by atoms with Gasteiger partial charge in [-0.2, -0.15) is 8.42 Å². The summed E-state index contributed by atoms with van der Waals surface area (Å²) in [4.78, 5) is 12.5. The second kappa shape index (κ2) is 41.2. The zero-order valence-corrected chi connectivity index (χ0v) is 36.4. The maximum absolute atomic E-state index is 12.5. The highest BCUT2D eigenvalue weighted by Gasteiger charge is 2.24. The van der Waals surface area contributed by atoms with E-state index in [2.05, 4.69) is 43.5 Å². The molecule has 0 heterocycles. The van der Waals surface area contributed by atoms with Crippen LogP contribution in [0.4, 0.5) is 0 Å². The molecule has 6 nitrogen and oxygen atoms in total. The van der Waals surface area contributed by atoms with Crippen molar-refractivity contribution in [2.24, 2.45) is 0 Å². The summed E-state index contributed by atoms with van der Waals surface area (Å²) in [7, 11) is -4.36. The van der Waals surface area contributed by atoms with Crippen molar-refractivity contribution in [3.05, 3.63) is 36.5 Å². The van der Waals surface area contributed by atoms with Gasteiger partial charge in [0.25, 0.3) is 10.1 Å². The largest absolute Gasteiger partial charge is 0.387 e. The first-order valence-corrected chi connectivity index (χ1v) is 24.8. The Morgan fingerprint density at radius 3 is 1.17 bits per heavy atom. The van der Waals surface area contributed by atoms with E-state index in [1.54, 1.807) is 6.08 Å². The van der Waals surface area contributed by atoms with E-state index in [0.717, 1.165) is 38.5 Å². The van der Waals surface area contributed by atoms with Crippen LogP contribution in [0.2, 0.25) is 0 Å². The third-order valence-electron chi connectivity index (χ3n) is 10.5. The lowest BCUT2D eigenvalue weighted by Crippen LogP contribution is -2.46.